The van der Waals surface area contributed by atoms with Crippen molar-refractivity contribution in [3.8, 4) is 23.0 Å². The molecule has 2 amide bonds. The minimum Gasteiger partial charge on any atom is -0.493 e. The van der Waals surface area contributed by atoms with Crippen LogP contribution in [0.15, 0.2) is 34.3 Å². The first-order chi connectivity index (χ1) is 22.5. The maximum absolute atomic E-state index is 14.0. The van der Waals surface area contributed by atoms with Gasteiger partial charge in [-0.1, -0.05) is 25.7 Å². The van der Waals surface area contributed by atoms with Gasteiger partial charge in [0.15, 0.2) is 23.0 Å². The summed E-state index contributed by atoms with van der Waals surface area (Å²) in [6, 6.07) is 6.75. The quantitative estimate of drug-likeness (QED) is 0.234. The monoisotopic (exact) mass is 634 g/mol. The maximum atomic E-state index is 14.0. The number of methoxy groups -OCH3 is 2. The Kier molecular flexibility index (Phi) is 10.0. The number of carbonyl (C=O) groups is 2. The standard InChI is InChI=1S/C35H43FN4O6/c1-43-30-17-26-28(37-21-24-10-9-12-39(24)34(26)41)19-32(30)45-14-7-5-3-4-6-8-15-46-33-20-29-27(18-31(33)44-2)35(42)40-13-11-23(36)16-25(40)22-38-29/h17-25H,3-16H2,1-2H3. The zero-order valence-electron chi connectivity index (χ0n) is 26.7. The first-order valence-electron chi connectivity index (χ1n) is 16.5. The van der Waals surface area contributed by atoms with E-state index >= 15 is 0 Å². The number of rotatable bonds is 13. The van der Waals surface area contributed by atoms with Gasteiger partial charge < -0.3 is 28.7 Å². The lowest BCUT2D eigenvalue weighted by molar-refractivity contribution is 0.0613. The Morgan fingerprint density at radius 2 is 1.22 bits per heavy atom. The molecule has 246 valence electrons. The van der Waals surface area contributed by atoms with Gasteiger partial charge in [-0.25, -0.2) is 4.39 Å². The number of aliphatic imine (C=N–C) groups is 2. The van der Waals surface area contributed by atoms with Crippen molar-refractivity contribution in [3.05, 3.63) is 35.4 Å². The van der Waals surface area contributed by atoms with E-state index in [0.717, 1.165) is 57.9 Å². The first-order valence-corrected chi connectivity index (χ1v) is 16.5. The number of fused-ring (bicyclic) bond motifs is 4. The largest absolute Gasteiger partial charge is 0.493 e. The Hall–Kier alpha value is -4.15. The van der Waals surface area contributed by atoms with E-state index in [9.17, 15) is 14.0 Å². The van der Waals surface area contributed by atoms with Crippen LogP contribution in [0.4, 0.5) is 15.8 Å². The number of benzene rings is 2. The highest BCUT2D eigenvalue weighted by Gasteiger charge is 2.35. The van der Waals surface area contributed by atoms with Gasteiger partial charge in [0, 0.05) is 44.1 Å². The summed E-state index contributed by atoms with van der Waals surface area (Å²) in [6.07, 6.45) is 11.2. The predicted molar refractivity (Wildman–Crippen MR) is 174 cm³/mol. The molecule has 2 saturated heterocycles. The van der Waals surface area contributed by atoms with Crippen LogP contribution < -0.4 is 18.9 Å². The maximum Gasteiger partial charge on any atom is 0.256 e. The van der Waals surface area contributed by atoms with Gasteiger partial charge in [-0.3, -0.25) is 19.6 Å². The van der Waals surface area contributed by atoms with Gasteiger partial charge in [-0.15, -0.1) is 0 Å². The number of amides is 2. The molecule has 6 rings (SSSR count). The average Bonchev–Trinajstić information content (AvgIpc) is 3.45. The van der Waals surface area contributed by atoms with Crippen LogP contribution in [0.25, 0.3) is 0 Å². The summed E-state index contributed by atoms with van der Waals surface area (Å²) in [5.41, 5.74) is 2.17. The van der Waals surface area contributed by atoms with E-state index in [1.807, 2.05) is 17.2 Å². The molecule has 11 heteroatoms. The second-order valence-electron chi connectivity index (χ2n) is 12.3. The third kappa shape index (κ3) is 6.83. The molecule has 2 aromatic rings. The fourth-order valence-electron chi connectivity index (χ4n) is 6.66. The molecule has 46 heavy (non-hydrogen) atoms. The zero-order valence-corrected chi connectivity index (χ0v) is 26.7. The summed E-state index contributed by atoms with van der Waals surface area (Å²) < 4.78 is 37.1. The summed E-state index contributed by atoms with van der Waals surface area (Å²) in [6.45, 7) is 2.22. The Labute approximate surface area is 269 Å². The summed E-state index contributed by atoms with van der Waals surface area (Å²) in [7, 11) is 3.14. The number of halogens is 1. The van der Waals surface area contributed by atoms with Gasteiger partial charge >= 0.3 is 0 Å². The van der Waals surface area contributed by atoms with Crippen LogP contribution in [0, 0.1) is 0 Å². The highest BCUT2D eigenvalue weighted by molar-refractivity contribution is 6.04. The number of ether oxygens (including phenoxy) is 4. The second kappa shape index (κ2) is 14.5. The van der Waals surface area contributed by atoms with Crippen LogP contribution in [0.3, 0.4) is 0 Å². The number of hydrogen-bond acceptors (Lipinski definition) is 8. The van der Waals surface area contributed by atoms with Crippen LogP contribution in [0.2, 0.25) is 0 Å². The molecule has 3 atom stereocenters. The third-order valence-corrected chi connectivity index (χ3v) is 9.25. The van der Waals surface area contributed by atoms with Crippen LogP contribution in [-0.2, 0) is 0 Å². The SMILES string of the molecule is COc1cc2c(cc1OCCCCCCCCOc1cc3c(cc1OC)C(=O)N1CCC(F)CC1C=N3)N=CC1CCCN1C2=O. The molecule has 0 aliphatic carbocycles. The number of hydrogen-bond donors (Lipinski definition) is 0. The lowest BCUT2D eigenvalue weighted by Gasteiger charge is -2.34. The zero-order chi connectivity index (χ0) is 32.0. The van der Waals surface area contributed by atoms with Gasteiger partial charge in [0.25, 0.3) is 11.8 Å². The van der Waals surface area contributed by atoms with E-state index in [2.05, 4.69) is 9.98 Å². The lowest BCUT2D eigenvalue weighted by Crippen LogP contribution is -2.46. The van der Waals surface area contributed by atoms with E-state index in [0.29, 0.717) is 71.7 Å². The van der Waals surface area contributed by atoms with Gasteiger partial charge in [0.05, 0.1) is 62.0 Å². The molecule has 0 aromatic heterocycles. The average molecular weight is 635 g/mol. The van der Waals surface area contributed by atoms with Gasteiger partial charge in [-0.05, 0) is 44.2 Å². The fraction of sp³-hybridized carbons (Fsp3) is 0.543. The van der Waals surface area contributed by atoms with Crippen molar-refractivity contribution in [2.45, 2.75) is 82.5 Å². The number of piperidine rings is 1. The van der Waals surface area contributed by atoms with Gasteiger partial charge in [-0.2, -0.15) is 0 Å². The third-order valence-electron chi connectivity index (χ3n) is 9.25. The van der Waals surface area contributed by atoms with Crippen molar-refractivity contribution < 1.29 is 32.9 Å². The molecule has 0 spiro atoms. The number of alkyl halides is 1. The van der Waals surface area contributed by atoms with Crippen molar-refractivity contribution >= 4 is 35.6 Å². The van der Waals surface area contributed by atoms with Crippen molar-refractivity contribution in [1.82, 2.24) is 9.80 Å². The summed E-state index contributed by atoms with van der Waals surface area (Å²) in [5, 5.41) is 0. The first kappa shape index (κ1) is 31.8. The van der Waals surface area contributed by atoms with E-state index < -0.39 is 6.17 Å². The van der Waals surface area contributed by atoms with E-state index in [1.54, 1.807) is 43.5 Å². The van der Waals surface area contributed by atoms with E-state index in [-0.39, 0.29) is 30.3 Å². The second-order valence-corrected chi connectivity index (χ2v) is 12.3. The summed E-state index contributed by atoms with van der Waals surface area (Å²) >= 11 is 0. The Bertz CT molecular complexity index is 1500. The molecule has 4 aliphatic heterocycles. The highest BCUT2D eigenvalue weighted by Crippen LogP contribution is 2.39. The molecule has 4 heterocycles. The molecule has 0 radical (unpaired) electrons. The molecule has 0 saturated carbocycles. The van der Waals surface area contributed by atoms with Gasteiger partial charge in [0.2, 0.25) is 0 Å². The Morgan fingerprint density at radius 1 is 0.696 bits per heavy atom. The topological polar surface area (TPSA) is 102 Å². The molecule has 4 aliphatic rings. The van der Waals surface area contributed by atoms with Crippen LogP contribution in [-0.4, -0.2) is 92.8 Å². The summed E-state index contributed by atoms with van der Waals surface area (Å²) in [4.78, 5) is 39.0. The molecule has 2 fully saturated rings. The highest BCUT2D eigenvalue weighted by atomic mass is 19.1. The molecule has 2 aromatic carbocycles. The lowest BCUT2D eigenvalue weighted by atomic mass is 10.0. The van der Waals surface area contributed by atoms with Crippen LogP contribution in [0.5, 0.6) is 23.0 Å². The molecular weight excluding hydrogens is 591 g/mol. The predicted octanol–water partition coefficient (Wildman–Crippen LogP) is 6.48. The van der Waals surface area contributed by atoms with Gasteiger partial charge in [0.1, 0.15) is 6.17 Å². The molecule has 0 bridgehead atoms. The Balaban J connectivity index is 0.921. The van der Waals surface area contributed by atoms with Crippen molar-refractivity contribution in [2.24, 2.45) is 9.98 Å². The molecular formula is C35H43FN4O6. The Morgan fingerprint density at radius 3 is 1.78 bits per heavy atom. The van der Waals surface area contributed by atoms with E-state index in [1.165, 1.54) is 0 Å². The number of unbranched alkanes of at least 4 members (excludes halogenated alkanes) is 5. The van der Waals surface area contributed by atoms with Crippen molar-refractivity contribution in [2.75, 3.05) is 40.5 Å². The normalized spacial score (nSPS) is 21.6. The van der Waals surface area contributed by atoms with Crippen molar-refractivity contribution in [3.63, 3.8) is 0 Å². The van der Waals surface area contributed by atoms with Crippen LogP contribution in [0.1, 0.15) is 84.9 Å². The fourth-order valence-corrected chi connectivity index (χ4v) is 6.66. The molecule has 3 unspecified atom stereocenters. The van der Waals surface area contributed by atoms with Crippen molar-refractivity contribution in [1.29, 1.82) is 0 Å². The molecule has 10 nitrogen and oxygen atoms in total. The minimum atomic E-state index is -0.917. The number of nitrogens with zero attached hydrogens (tertiary/aromatic N) is 4. The molecule has 0 N–H and O–H groups in total. The van der Waals surface area contributed by atoms with E-state index in [4.69, 9.17) is 18.9 Å². The summed E-state index contributed by atoms with van der Waals surface area (Å²) in [5.74, 6) is 2.05. The van der Waals surface area contributed by atoms with Crippen LogP contribution >= 0.6 is 0 Å². The smallest absolute Gasteiger partial charge is 0.256 e. The number of carbonyl (C=O) groups excluding carboxylic acids is 2. The minimum absolute atomic E-state index is 0.00204.